The highest BCUT2D eigenvalue weighted by Crippen LogP contribution is 2.38. The third-order valence-electron chi connectivity index (χ3n) is 4.78. The van der Waals surface area contributed by atoms with Crippen LogP contribution >= 0.6 is 0 Å². The molecule has 5 rings (SSSR count). The number of benzene rings is 3. The van der Waals surface area contributed by atoms with Crippen molar-refractivity contribution in [3.05, 3.63) is 99.2 Å². The molecule has 4 nitrogen and oxygen atoms in total. The van der Waals surface area contributed by atoms with E-state index in [2.05, 4.69) is 9.97 Å². The SMILES string of the molecule is O=c1[nH]c2ccc(/C=C3\c4ccccc4COc4cc(F)ccc43)cc2[nH]1. The van der Waals surface area contributed by atoms with Crippen LogP contribution in [0.4, 0.5) is 4.39 Å². The molecule has 0 fully saturated rings. The molecule has 0 spiro atoms. The minimum absolute atomic E-state index is 0.233. The lowest BCUT2D eigenvalue weighted by atomic mass is 9.92. The van der Waals surface area contributed by atoms with Gasteiger partial charge in [0.05, 0.1) is 11.0 Å². The van der Waals surface area contributed by atoms with E-state index in [1.807, 2.05) is 48.5 Å². The number of aromatic nitrogens is 2. The maximum atomic E-state index is 13.8. The number of imidazole rings is 1. The van der Waals surface area contributed by atoms with Gasteiger partial charge in [-0.05, 0) is 52.6 Å². The second-order valence-corrected chi connectivity index (χ2v) is 6.53. The van der Waals surface area contributed by atoms with Crippen molar-refractivity contribution >= 4 is 22.7 Å². The lowest BCUT2D eigenvalue weighted by Crippen LogP contribution is -1.99. The largest absolute Gasteiger partial charge is 0.488 e. The van der Waals surface area contributed by atoms with Gasteiger partial charge in [-0.1, -0.05) is 30.3 Å². The predicted molar refractivity (Wildman–Crippen MR) is 103 cm³/mol. The van der Waals surface area contributed by atoms with Gasteiger partial charge in [0.25, 0.3) is 0 Å². The lowest BCUT2D eigenvalue weighted by molar-refractivity contribution is 0.305. The molecule has 0 saturated carbocycles. The van der Waals surface area contributed by atoms with Crippen LogP contribution in [0, 0.1) is 5.82 Å². The molecule has 5 heteroatoms. The Bertz CT molecular complexity index is 1270. The molecule has 1 aromatic heterocycles. The van der Waals surface area contributed by atoms with Crippen LogP contribution in [0.3, 0.4) is 0 Å². The van der Waals surface area contributed by atoms with Crippen LogP contribution in [0.2, 0.25) is 0 Å². The number of H-pyrrole nitrogens is 2. The third-order valence-corrected chi connectivity index (χ3v) is 4.78. The Hall–Kier alpha value is -3.60. The maximum Gasteiger partial charge on any atom is 0.323 e. The summed E-state index contributed by atoms with van der Waals surface area (Å²) in [5.74, 6) is 0.193. The first-order chi connectivity index (χ1) is 13.2. The van der Waals surface area contributed by atoms with Crippen molar-refractivity contribution < 1.29 is 9.13 Å². The van der Waals surface area contributed by atoms with Gasteiger partial charge in [-0.3, -0.25) is 0 Å². The van der Waals surface area contributed by atoms with Crippen LogP contribution < -0.4 is 10.4 Å². The molecular weight excluding hydrogens is 343 g/mol. The van der Waals surface area contributed by atoms with Crippen LogP contribution in [0.5, 0.6) is 5.75 Å². The number of rotatable bonds is 1. The molecule has 0 unspecified atom stereocenters. The van der Waals surface area contributed by atoms with Crippen molar-refractivity contribution in [3.63, 3.8) is 0 Å². The minimum atomic E-state index is -0.328. The predicted octanol–water partition coefficient (Wildman–Crippen LogP) is 4.48. The zero-order valence-corrected chi connectivity index (χ0v) is 14.3. The molecule has 0 aliphatic carbocycles. The quantitative estimate of drug-likeness (QED) is 0.527. The molecule has 27 heavy (non-hydrogen) atoms. The Morgan fingerprint density at radius 2 is 1.78 bits per heavy atom. The summed E-state index contributed by atoms with van der Waals surface area (Å²) >= 11 is 0. The molecule has 2 N–H and O–H groups in total. The second-order valence-electron chi connectivity index (χ2n) is 6.53. The number of ether oxygens (including phenoxy) is 1. The van der Waals surface area contributed by atoms with E-state index < -0.39 is 0 Å². The van der Waals surface area contributed by atoms with Crippen molar-refractivity contribution in [2.45, 2.75) is 6.61 Å². The summed E-state index contributed by atoms with van der Waals surface area (Å²) in [6, 6.07) is 18.3. The first-order valence-corrected chi connectivity index (χ1v) is 8.62. The summed E-state index contributed by atoms with van der Waals surface area (Å²) < 4.78 is 19.6. The van der Waals surface area contributed by atoms with Crippen LogP contribution in [-0.4, -0.2) is 9.97 Å². The van der Waals surface area contributed by atoms with E-state index >= 15 is 0 Å². The molecule has 0 atom stereocenters. The number of nitrogens with one attached hydrogen (secondary N) is 2. The molecule has 1 aliphatic heterocycles. The normalized spacial score (nSPS) is 14.5. The highest BCUT2D eigenvalue weighted by Gasteiger charge is 2.19. The Balaban J connectivity index is 1.75. The van der Waals surface area contributed by atoms with Gasteiger partial charge in [0.1, 0.15) is 18.2 Å². The first kappa shape index (κ1) is 15.6. The number of fused-ring (bicyclic) bond motifs is 3. The van der Waals surface area contributed by atoms with Crippen molar-refractivity contribution in [2.24, 2.45) is 0 Å². The summed E-state index contributed by atoms with van der Waals surface area (Å²) in [5, 5.41) is 0. The van der Waals surface area contributed by atoms with Crippen LogP contribution in [0.25, 0.3) is 22.7 Å². The first-order valence-electron chi connectivity index (χ1n) is 8.62. The van der Waals surface area contributed by atoms with E-state index in [4.69, 9.17) is 4.74 Å². The molecule has 1 aliphatic rings. The smallest absolute Gasteiger partial charge is 0.323 e. The van der Waals surface area contributed by atoms with Crippen molar-refractivity contribution in [1.82, 2.24) is 9.97 Å². The Labute approximate surface area is 153 Å². The topological polar surface area (TPSA) is 57.9 Å². The van der Waals surface area contributed by atoms with E-state index in [1.165, 1.54) is 12.1 Å². The Kier molecular flexibility index (Phi) is 3.47. The highest BCUT2D eigenvalue weighted by atomic mass is 19.1. The second kappa shape index (κ2) is 5.99. The molecular formula is C22H15FN2O2. The van der Waals surface area contributed by atoms with E-state index in [-0.39, 0.29) is 11.5 Å². The van der Waals surface area contributed by atoms with Crippen LogP contribution in [-0.2, 0) is 6.61 Å². The number of aromatic amines is 2. The van der Waals surface area contributed by atoms with Crippen molar-refractivity contribution in [2.75, 3.05) is 0 Å². The zero-order chi connectivity index (χ0) is 18.4. The highest BCUT2D eigenvalue weighted by molar-refractivity contribution is 5.95. The molecule has 0 amide bonds. The number of halogens is 1. The van der Waals surface area contributed by atoms with Gasteiger partial charge < -0.3 is 14.7 Å². The average molecular weight is 358 g/mol. The van der Waals surface area contributed by atoms with Crippen LogP contribution in [0.1, 0.15) is 22.3 Å². The molecule has 4 aromatic rings. The lowest BCUT2D eigenvalue weighted by Gasteiger charge is -2.11. The summed E-state index contributed by atoms with van der Waals surface area (Å²) in [4.78, 5) is 17.0. The van der Waals surface area contributed by atoms with E-state index in [1.54, 1.807) is 6.07 Å². The monoisotopic (exact) mass is 358 g/mol. The Morgan fingerprint density at radius 1 is 0.926 bits per heavy atom. The van der Waals surface area contributed by atoms with Gasteiger partial charge >= 0.3 is 5.69 Å². The van der Waals surface area contributed by atoms with Gasteiger partial charge in [-0.25, -0.2) is 9.18 Å². The molecule has 2 heterocycles. The van der Waals surface area contributed by atoms with Gasteiger partial charge in [0.15, 0.2) is 0 Å². The van der Waals surface area contributed by atoms with Crippen molar-refractivity contribution in [3.8, 4) is 5.75 Å². The molecule has 0 radical (unpaired) electrons. The molecule has 132 valence electrons. The maximum absolute atomic E-state index is 13.8. The fourth-order valence-corrected chi connectivity index (χ4v) is 3.51. The van der Waals surface area contributed by atoms with Crippen LogP contribution in [0.15, 0.2) is 65.5 Å². The number of hydrogen-bond acceptors (Lipinski definition) is 2. The van der Waals surface area contributed by atoms with Gasteiger partial charge in [-0.2, -0.15) is 0 Å². The fraction of sp³-hybridized carbons (Fsp3) is 0.0455. The average Bonchev–Trinajstić information content (AvgIpc) is 2.97. The van der Waals surface area contributed by atoms with E-state index in [0.717, 1.165) is 38.9 Å². The molecule has 0 saturated heterocycles. The summed E-state index contributed by atoms with van der Waals surface area (Å²) in [6.07, 6.45) is 2.04. The standard InChI is InChI=1S/C22H15FN2O2/c23-15-6-7-17-18(9-13-5-8-19-20(10-13)25-22(26)24-19)16-4-2-1-3-14(16)12-27-21(17)11-15/h1-11H,12H2,(H2,24,25,26)/b18-9+. The zero-order valence-electron chi connectivity index (χ0n) is 14.3. The fourth-order valence-electron chi connectivity index (χ4n) is 3.51. The molecule has 3 aromatic carbocycles. The summed E-state index contributed by atoms with van der Waals surface area (Å²) in [5.41, 5.74) is 6.07. The summed E-state index contributed by atoms with van der Waals surface area (Å²) in [7, 11) is 0. The van der Waals surface area contributed by atoms with E-state index in [0.29, 0.717) is 12.4 Å². The number of hydrogen-bond donors (Lipinski definition) is 2. The van der Waals surface area contributed by atoms with Gasteiger partial charge in [0.2, 0.25) is 0 Å². The third kappa shape index (κ3) is 2.73. The van der Waals surface area contributed by atoms with Gasteiger partial charge in [0, 0.05) is 11.6 Å². The molecule has 0 bridgehead atoms. The minimum Gasteiger partial charge on any atom is -0.488 e. The van der Waals surface area contributed by atoms with Gasteiger partial charge in [-0.15, -0.1) is 0 Å². The summed E-state index contributed by atoms with van der Waals surface area (Å²) in [6.45, 7) is 0.383. The van der Waals surface area contributed by atoms with Crippen molar-refractivity contribution in [1.29, 1.82) is 0 Å². The Morgan fingerprint density at radius 3 is 2.70 bits per heavy atom. The van der Waals surface area contributed by atoms with E-state index in [9.17, 15) is 9.18 Å².